The van der Waals surface area contributed by atoms with Gasteiger partial charge in [0.15, 0.2) is 25.2 Å². The molecule has 8 unspecified atom stereocenters. The Morgan fingerprint density at radius 2 is 0.540 bits per heavy atom. The Morgan fingerprint density at radius 3 is 0.931 bits per heavy atom. The summed E-state index contributed by atoms with van der Waals surface area (Å²) in [5, 5.41) is 81.2. The maximum Gasteiger partial charge on any atom is 0.187 e. The molecular formula is C56H110O31. The van der Waals surface area contributed by atoms with Crippen LogP contribution in [0.1, 0.15) is 55.4 Å². The predicted molar refractivity (Wildman–Crippen MR) is 302 cm³/mol. The van der Waals surface area contributed by atoms with Gasteiger partial charge in [0, 0.05) is 56.9 Å². The first kappa shape index (κ1) is 81.9. The van der Waals surface area contributed by atoms with Crippen molar-refractivity contribution in [2.24, 2.45) is 0 Å². The second kappa shape index (κ2) is 43.6. The van der Waals surface area contributed by atoms with Gasteiger partial charge in [-0.2, -0.15) is 0 Å². The van der Waals surface area contributed by atoms with E-state index in [-0.39, 0.29) is 84.8 Å². The summed E-state index contributed by atoms with van der Waals surface area (Å²) in [4.78, 5) is 0. The SMILES string of the molecule is CC(O)COC[C@H]1O[C@@H](O[C@H]2[C@H](OCC(C)O)[C@@H](OCC(C)O)[C@H](OCC(C)O)O[C@@H]2COCC(C)O)[C@H](OCC(C)O)[C@@H](OCC(C)O)[C@@H]1OCC(C)O.COC[C@H]1O[C@@H](O[C@H]2[C@H](OC)[C@@H](OC)[C@H](OC)O[C@@H]2COC)[C@H](OC)[C@@H](OC)[C@@H]1OC.O. The number of aliphatic hydroxyl groups is 8. The molecule has 0 radical (unpaired) electrons. The predicted octanol–water partition coefficient (Wildman–Crippen LogP) is -3.15. The van der Waals surface area contributed by atoms with E-state index in [2.05, 4.69) is 0 Å². The van der Waals surface area contributed by atoms with Crippen LogP contribution in [0.15, 0.2) is 0 Å². The zero-order valence-electron chi connectivity index (χ0n) is 53.7. The molecule has 31 heteroatoms. The molecule has 10 N–H and O–H groups in total. The smallest absolute Gasteiger partial charge is 0.187 e. The molecule has 0 aromatic heterocycles. The van der Waals surface area contributed by atoms with Crippen LogP contribution in [0.2, 0.25) is 0 Å². The van der Waals surface area contributed by atoms with Crippen molar-refractivity contribution < 1.29 is 151 Å². The fraction of sp³-hybridized carbons (Fsp3) is 1.00. The number of aliphatic hydroxyl groups excluding tert-OH is 8. The minimum absolute atomic E-state index is 0. The third-order valence-corrected chi connectivity index (χ3v) is 13.6. The van der Waals surface area contributed by atoms with Crippen LogP contribution in [-0.4, -0.2) is 354 Å². The molecule has 0 bridgehead atoms. The van der Waals surface area contributed by atoms with Crippen molar-refractivity contribution in [2.75, 3.05) is 136 Å². The van der Waals surface area contributed by atoms with Gasteiger partial charge in [-0.1, -0.05) is 0 Å². The van der Waals surface area contributed by atoms with Crippen LogP contribution in [-0.2, 0) is 104 Å². The lowest BCUT2D eigenvalue weighted by Crippen LogP contribution is -2.67. The molecule has 0 spiro atoms. The van der Waals surface area contributed by atoms with Gasteiger partial charge in [-0.25, -0.2) is 0 Å². The summed E-state index contributed by atoms with van der Waals surface area (Å²) >= 11 is 0. The van der Waals surface area contributed by atoms with E-state index in [0.29, 0.717) is 0 Å². The summed E-state index contributed by atoms with van der Waals surface area (Å²) in [6, 6.07) is 0. The van der Waals surface area contributed by atoms with Crippen LogP contribution in [0.25, 0.3) is 0 Å². The minimum atomic E-state index is -1.39. The van der Waals surface area contributed by atoms with Crippen molar-refractivity contribution in [3.8, 4) is 0 Å². The van der Waals surface area contributed by atoms with Gasteiger partial charge in [-0.3, -0.25) is 0 Å². The van der Waals surface area contributed by atoms with Crippen LogP contribution in [0, 0.1) is 0 Å². The van der Waals surface area contributed by atoms with Gasteiger partial charge in [-0.05, 0) is 55.4 Å². The van der Waals surface area contributed by atoms with Crippen LogP contribution >= 0.6 is 0 Å². The van der Waals surface area contributed by atoms with Crippen molar-refractivity contribution >= 4 is 0 Å². The molecule has 0 amide bonds. The van der Waals surface area contributed by atoms with Crippen molar-refractivity contribution in [1.82, 2.24) is 0 Å². The van der Waals surface area contributed by atoms with E-state index in [9.17, 15) is 40.9 Å². The standard InChI is InChI=1S/C36H70O19.C20H38O11.H2O/c1-19(37)9-45-17-27-29(47-11-21(3)39)31(48-12-22(4)40)34(51-15-25(7)43)36(54-27)55-30-28(18-46-10-20(2)38)53-35(52-16-26(8)44)33(50-14-24(6)42)32(30)49-13-23(5)41;1-21-9-11-13(23-3)15(24-4)18(27-7)20(30-11)31-14-12(10-22-2)29-19(28-8)17(26-6)16(14)25-5;/h19-44H,9-18H2,1-8H3;11-20H,9-10H2,1-8H3;1H2/t19?,20?,21?,22?,23?,24?,25?,26?,27-,28-,29-,30-,31+,32+,33-,34-,35-,36+;11-,12-,13-,14-,15+,16+,17-,18-,19-,20+;/m11./s1. The zero-order valence-corrected chi connectivity index (χ0v) is 53.7. The van der Waals surface area contributed by atoms with E-state index >= 15 is 0 Å². The highest BCUT2D eigenvalue weighted by Gasteiger charge is 2.56. The Morgan fingerprint density at radius 1 is 0.264 bits per heavy atom. The molecule has 4 aliphatic rings. The quantitative estimate of drug-likeness (QED) is 0.0300. The lowest BCUT2D eigenvalue weighted by molar-refractivity contribution is -0.377. The minimum Gasteiger partial charge on any atom is -0.412 e. The van der Waals surface area contributed by atoms with Crippen molar-refractivity contribution in [1.29, 1.82) is 0 Å². The van der Waals surface area contributed by atoms with E-state index in [1.54, 1.807) is 70.7 Å². The fourth-order valence-electron chi connectivity index (χ4n) is 10.0. The average molecular weight is 1280 g/mol. The molecule has 0 aromatic rings. The summed E-state index contributed by atoms with van der Waals surface area (Å²) in [7, 11) is 12.6. The summed E-state index contributed by atoms with van der Waals surface area (Å²) in [6.07, 6.45) is -24.0. The van der Waals surface area contributed by atoms with Crippen molar-refractivity contribution in [2.45, 2.75) is 227 Å². The molecule has 0 aliphatic carbocycles. The Kier molecular flexibility index (Phi) is 41.0. The van der Waals surface area contributed by atoms with Gasteiger partial charge < -0.3 is 151 Å². The van der Waals surface area contributed by atoms with Gasteiger partial charge >= 0.3 is 0 Å². The highest BCUT2D eigenvalue weighted by atomic mass is 16.8. The van der Waals surface area contributed by atoms with Gasteiger partial charge in [0.1, 0.15) is 97.7 Å². The van der Waals surface area contributed by atoms with Crippen LogP contribution in [0.5, 0.6) is 0 Å². The molecule has 0 aromatic carbocycles. The topological polar surface area (TPSA) is 396 Å². The Hall–Kier alpha value is -1.24. The van der Waals surface area contributed by atoms with Crippen LogP contribution in [0.4, 0.5) is 0 Å². The molecule has 31 nitrogen and oxygen atoms in total. The maximum absolute atomic E-state index is 10.3. The molecule has 0 saturated carbocycles. The second-order valence-electron chi connectivity index (χ2n) is 22.2. The summed E-state index contributed by atoms with van der Waals surface area (Å²) < 4.78 is 131. The highest BCUT2D eigenvalue weighted by molar-refractivity contribution is 4.99. The molecule has 4 fully saturated rings. The molecular weight excluding hydrogens is 1170 g/mol. The number of hydrogen-bond acceptors (Lipinski definition) is 30. The first-order chi connectivity index (χ1) is 40.9. The fourth-order valence-corrected chi connectivity index (χ4v) is 10.0. The Balaban J connectivity index is 0.000000681. The maximum atomic E-state index is 10.3. The van der Waals surface area contributed by atoms with Crippen molar-refractivity contribution in [3.05, 3.63) is 0 Å². The van der Waals surface area contributed by atoms with Crippen LogP contribution < -0.4 is 0 Å². The summed E-state index contributed by atoms with van der Waals surface area (Å²) in [6.45, 7) is 11.2. The second-order valence-corrected chi connectivity index (χ2v) is 22.2. The number of rotatable bonds is 40. The first-order valence-electron chi connectivity index (χ1n) is 29.3. The first-order valence-corrected chi connectivity index (χ1v) is 29.3. The normalized spacial score (nSPS) is 35.9. The Labute approximate surface area is 512 Å². The number of hydrogen-bond donors (Lipinski definition) is 8. The van der Waals surface area contributed by atoms with E-state index in [1.807, 2.05) is 0 Å². The molecule has 4 rings (SSSR count). The van der Waals surface area contributed by atoms with Crippen LogP contribution in [0.3, 0.4) is 0 Å². The Bertz CT molecular complexity index is 1690. The molecule has 28 atom stereocenters. The lowest BCUT2D eigenvalue weighted by Gasteiger charge is -2.50. The van der Waals surface area contributed by atoms with Crippen molar-refractivity contribution in [3.63, 3.8) is 0 Å². The molecule has 4 heterocycles. The monoisotopic (exact) mass is 1280 g/mol. The van der Waals surface area contributed by atoms with Gasteiger partial charge in [0.25, 0.3) is 0 Å². The summed E-state index contributed by atoms with van der Waals surface area (Å²) in [5.41, 5.74) is 0. The number of methoxy groups -OCH3 is 8. The third kappa shape index (κ3) is 27.0. The largest absolute Gasteiger partial charge is 0.412 e. The van der Waals surface area contributed by atoms with E-state index in [1.165, 1.54) is 41.5 Å². The van der Waals surface area contributed by atoms with Gasteiger partial charge in [0.05, 0.1) is 128 Å². The number of ether oxygens (including phenoxy) is 22. The zero-order chi connectivity index (χ0) is 64.2. The summed E-state index contributed by atoms with van der Waals surface area (Å²) in [5.74, 6) is 0. The lowest BCUT2D eigenvalue weighted by atomic mass is 9.95. The van der Waals surface area contributed by atoms with E-state index < -0.39 is 172 Å². The average Bonchev–Trinajstić information content (AvgIpc) is 0.956. The third-order valence-electron chi connectivity index (χ3n) is 13.6. The molecule has 87 heavy (non-hydrogen) atoms. The van der Waals surface area contributed by atoms with E-state index in [4.69, 9.17) is 104 Å². The molecule has 520 valence electrons. The van der Waals surface area contributed by atoms with Gasteiger partial charge in [-0.15, -0.1) is 0 Å². The molecule has 4 saturated heterocycles. The highest BCUT2D eigenvalue weighted by Crippen LogP contribution is 2.37. The van der Waals surface area contributed by atoms with E-state index in [0.717, 1.165) is 0 Å². The molecule has 4 aliphatic heterocycles. The van der Waals surface area contributed by atoms with Gasteiger partial charge in [0.2, 0.25) is 0 Å².